The SMILES string of the molecule is CC(C)Cc1cc(=S)n(-c2ncc(C(F)(F)F)cc2Cl)[nH]1. The monoisotopic (exact) mass is 335 g/mol. The average molecular weight is 336 g/mol. The van der Waals surface area contributed by atoms with E-state index in [1.807, 2.05) is 0 Å². The van der Waals surface area contributed by atoms with Gasteiger partial charge in [-0.1, -0.05) is 37.7 Å². The summed E-state index contributed by atoms with van der Waals surface area (Å²) in [5.74, 6) is 0.576. The van der Waals surface area contributed by atoms with Gasteiger partial charge >= 0.3 is 6.18 Å². The molecule has 0 saturated carbocycles. The van der Waals surface area contributed by atoms with Crippen LogP contribution in [0.1, 0.15) is 25.1 Å². The van der Waals surface area contributed by atoms with E-state index < -0.39 is 11.7 Å². The van der Waals surface area contributed by atoms with Crippen LogP contribution in [-0.4, -0.2) is 14.8 Å². The van der Waals surface area contributed by atoms with Gasteiger partial charge < -0.3 is 0 Å². The Hall–Kier alpha value is -1.34. The molecule has 2 heterocycles. The summed E-state index contributed by atoms with van der Waals surface area (Å²) in [7, 11) is 0. The number of H-pyrrole nitrogens is 1. The molecular formula is C13H13ClF3N3S. The molecule has 0 aromatic carbocycles. The molecule has 0 radical (unpaired) electrons. The van der Waals surface area contributed by atoms with Gasteiger partial charge in [0, 0.05) is 11.9 Å². The number of hydrogen-bond donors (Lipinski definition) is 1. The van der Waals surface area contributed by atoms with Gasteiger partial charge in [0.1, 0.15) is 4.64 Å². The van der Waals surface area contributed by atoms with Crippen molar-refractivity contribution in [3.63, 3.8) is 0 Å². The molecule has 2 rings (SSSR count). The summed E-state index contributed by atoms with van der Waals surface area (Å²) >= 11 is 11.1. The van der Waals surface area contributed by atoms with E-state index in [1.54, 1.807) is 6.07 Å². The van der Waals surface area contributed by atoms with Crippen LogP contribution in [0.2, 0.25) is 5.02 Å². The maximum absolute atomic E-state index is 12.6. The third-order valence-electron chi connectivity index (χ3n) is 2.76. The number of alkyl halides is 3. The standard InChI is InChI=1S/C13H13ClF3N3S/c1-7(2)3-9-5-11(21)20(19-9)12-10(14)4-8(6-18-12)13(15,16)17/h4-7,19H,3H2,1-2H3. The van der Waals surface area contributed by atoms with E-state index in [-0.39, 0.29) is 10.8 Å². The summed E-state index contributed by atoms with van der Waals surface area (Å²) in [6.07, 6.45) is -2.96. The molecule has 0 spiro atoms. The Labute approximate surface area is 129 Å². The van der Waals surface area contributed by atoms with Gasteiger partial charge in [-0.05, 0) is 24.5 Å². The predicted octanol–water partition coefficient (Wildman–Crippen LogP) is 4.80. The highest BCUT2D eigenvalue weighted by molar-refractivity contribution is 7.71. The second-order valence-electron chi connectivity index (χ2n) is 5.08. The zero-order valence-corrected chi connectivity index (χ0v) is 12.9. The summed E-state index contributed by atoms with van der Waals surface area (Å²) in [5.41, 5.74) is -0.00973. The third kappa shape index (κ3) is 3.65. The van der Waals surface area contributed by atoms with E-state index >= 15 is 0 Å². The van der Waals surface area contributed by atoms with Gasteiger partial charge in [0.25, 0.3) is 0 Å². The van der Waals surface area contributed by atoms with Gasteiger partial charge in [-0.25, -0.2) is 9.67 Å². The Morgan fingerprint density at radius 1 is 1.38 bits per heavy atom. The molecule has 0 amide bonds. The molecule has 0 bridgehead atoms. The first-order chi connectivity index (χ1) is 9.68. The van der Waals surface area contributed by atoms with E-state index in [0.717, 1.165) is 24.4 Å². The molecule has 0 fully saturated rings. The summed E-state index contributed by atoms with van der Waals surface area (Å²) in [6, 6.07) is 2.60. The quantitative estimate of drug-likeness (QED) is 0.817. The normalized spacial score (nSPS) is 12.1. The fourth-order valence-electron chi connectivity index (χ4n) is 1.90. The lowest BCUT2D eigenvalue weighted by molar-refractivity contribution is -0.137. The number of rotatable bonds is 3. The van der Waals surface area contributed by atoms with Crippen LogP contribution in [0.4, 0.5) is 13.2 Å². The molecule has 2 aromatic heterocycles. The van der Waals surface area contributed by atoms with Crippen molar-refractivity contribution in [2.45, 2.75) is 26.4 Å². The van der Waals surface area contributed by atoms with Gasteiger partial charge in [-0.15, -0.1) is 0 Å². The molecule has 0 unspecified atom stereocenters. The fraction of sp³-hybridized carbons (Fsp3) is 0.385. The van der Waals surface area contributed by atoms with Gasteiger partial charge in [0.2, 0.25) is 0 Å². The Bertz CT molecular complexity index is 703. The highest BCUT2D eigenvalue weighted by Gasteiger charge is 2.31. The summed E-state index contributed by atoms with van der Waals surface area (Å²) in [4.78, 5) is 3.78. The Balaban J connectivity index is 2.43. The number of aromatic amines is 1. The van der Waals surface area contributed by atoms with Crippen LogP contribution in [0.3, 0.4) is 0 Å². The highest BCUT2D eigenvalue weighted by Crippen LogP contribution is 2.31. The number of aromatic nitrogens is 3. The number of nitrogens with one attached hydrogen (secondary N) is 1. The van der Waals surface area contributed by atoms with Crippen molar-refractivity contribution in [1.29, 1.82) is 0 Å². The van der Waals surface area contributed by atoms with Crippen LogP contribution in [0, 0.1) is 10.6 Å². The van der Waals surface area contributed by atoms with Crippen LogP contribution in [-0.2, 0) is 12.6 Å². The summed E-state index contributed by atoms with van der Waals surface area (Å²) < 4.78 is 39.6. The van der Waals surface area contributed by atoms with Crippen LogP contribution in [0.5, 0.6) is 0 Å². The van der Waals surface area contributed by atoms with E-state index in [9.17, 15) is 13.2 Å². The molecule has 0 atom stereocenters. The van der Waals surface area contributed by atoms with Crippen molar-refractivity contribution >= 4 is 23.8 Å². The van der Waals surface area contributed by atoms with Crippen molar-refractivity contribution in [1.82, 2.24) is 14.8 Å². The summed E-state index contributed by atoms with van der Waals surface area (Å²) in [5, 5.41) is 2.90. The Kier molecular flexibility index (Phi) is 4.43. The van der Waals surface area contributed by atoms with Gasteiger partial charge in [-0.2, -0.15) is 13.2 Å². The average Bonchev–Trinajstić information content (AvgIpc) is 2.67. The Morgan fingerprint density at radius 2 is 2.05 bits per heavy atom. The molecule has 0 aliphatic rings. The van der Waals surface area contributed by atoms with Crippen molar-refractivity contribution in [3.8, 4) is 5.82 Å². The summed E-state index contributed by atoms with van der Waals surface area (Å²) in [6.45, 7) is 4.11. The second kappa shape index (κ2) is 5.81. The molecule has 3 nitrogen and oxygen atoms in total. The first-order valence-corrected chi connectivity index (χ1v) is 7.01. The fourth-order valence-corrected chi connectivity index (χ4v) is 2.42. The van der Waals surface area contributed by atoms with E-state index in [2.05, 4.69) is 23.9 Å². The molecule has 0 aliphatic heterocycles. The van der Waals surface area contributed by atoms with Gasteiger partial charge in [0.15, 0.2) is 5.82 Å². The van der Waals surface area contributed by atoms with Crippen LogP contribution in [0.25, 0.3) is 5.82 Å². The van der Waals surface area contributed by atoms with E-state index in [4.69, 9.17) is 23.8 Å². The lowest BCUT2D eigenvalue weighted by Gasteiger charge is -2.09. The molecule has 0 aliphatic carbocycles. The van der Waals surface area contributed by atoms with Crippen LogP contribution in [0.15, 0.2) is 18.3 Å². The number of hydrogen-bond acceptors (Lipinski definition) is 2. The Morgan fingerprint density at radius 3 is 2.57 bits per heavy atom. The first-order valence-electron chi connectivity index (χ1n) is 6.22. The minimum absolute atomic E-state index is 0.112. The van der Waals surface area contributed by atoms with Gasteiger partial charge in [-0.3, -0.25) is 5.10 Å². The third-order valence-corrected chi connectivity index (χ3v) is 3.34. The zero-order chi connectivity index (χ0) is 15.8. The van der Waals surface area contributed by atoms with Crippen molar-refractivity contribution in [2.75, 3.05) is 0 Å². The molecule has 0 saturated heterocycles. The van der Waals surface area contributed by atoms with Crippen molar-refractivity contribution in [2.24, 2.45) is 5.92 Å². The van der Waals surface area contributed by atoms with E-state index in [1.165, 1.54) is 4.68 Å². The smallest absolute Gasteiger partial charge is 0.296 e. The molecule has 114 valence electrons. The van der Waals surface area contributed by atoms with Crippen molar-refractivity contribution < 1.29 is 13.2 Å². The van der Waals surface area contributed by atoms with E-state index in [0.29, 0.717) is 10.6 Å². The number of nitrogens with zero attached hydrogens (tertiary/aromatic N) is 2. The first kappa shape index (κ1) is 16.0. The molecule has 2 aromatic rings. The number of pyridine rings is 1. The van der Waals surface area contributed by atoms with Gasteiger partial charge in [0.05, 0.1) is 10.6 Å². The molecule has 21 heavy (non-hydrogen) atoms. The minimum atomic E-state index is -4.48. The number of halogens is 4. The van der Waals surface area contributed by atoms with Crippen LogP contribution < -0.4 is 0 Å². The topological polar surface area (TPSA) is 33.6 Å². The second-order valence-corrected chi connectivity index (χ2v) is 5.91. The van der Waals surface area contributed by atoms with Crippen LogP contribution >= 0.6 is 23.8 Å². The highest BCUT2D eigenvalue weighted by atomic mass is 35.5. The lowest BCUT2D eigenvalue weighted by Crippen LogP contribution is -2.08. The predicted molar refractivity (Wildman–Crippen MR) is 77.3 cm³/mol. The maximum Gasteiger partial charge on any atom is 0.417 e. The largest absolute Gasteiger partial charge is 0.417 e. The molecule has 8 heteroatoms. The lowest BCUT2D eigenvalue weighted by atomic mass is 10.1. The zero-order valence-electron chi connectivity index (χ0n) is 11.3. The van der Waals surface area contributed by atoms with Crippen molar-refractivity contribution in [3.05, 3.63) is 39.3 Å². The maximum atomic E-state index is 12.6. The minimum Gasteiger partial charge on any atom is -0.296 e. The molecular weight excluding hydrogens is 323 g/mol. The molecule has 1 N–H and O–H groups in total.